The first kappa shape index (κ1) is 24.2. The minimum atomic E-state index is -4.48. The van der Waals surface area contributed by atoms with Gasteiger partial charge in [0, 0.05) is 23.2 Å². The van der Waals surface area contributed by atoms with Crippen molar-refractivity contribution in [2.45, 2.75) is 50.6 Å². The van der Waals surface area contributed by atoms with E-state index in [0.717, 1.165) is 34.5 Å². The van der Waals surface area contributed by atoms with Crippen LogP contribution >= 0.6 is 11.8 Å². The van der Waals surface area contributed by atoms with Gasteiger partial charge in [0.25, 0.3) is 0 Å². The normalized spacial score (nSPS) is 15.0. The van der Waals surface area contributed by atoms with Crippen LogP contribution in [-0.4, -0.2) is 27.2 Å². The Morgan fingerprint density at radius 2 is 1.88 bits per heavy atom. The molecule has 0 saturated carbocycles. The van der Waals surface area contributed by atoms with E-state index in [0.29, 0.717) is 23.9 Å². The number of aromatic nitrogens is 2. The molecule has 0 unspecified atom stereocenters. The molecule has 1 aliphatic rings. The molecule has 178 valence electrons. The number of rotatable bonds is 5. The number of thioether (sulfide) groups is 1. The molecule has 0 fully saturated rings. The van der Waals surface area contributed by atoms with E-state index in [9.17, 15) is 18.0 Å². The number of hydrogen-bond donors (Lipinski definition) is 1. The number of aryl methyl sites for hydroxylation is 1. The lowest BCUT2D eigenvalue weighted by molar-refractivity contribution is -0.137. The van der Waals surface area contributed by atoms with Crippen molar-refractivity contribution in [3.63, 3.8) is 0 Å². The maximum atomic E-state index is 12.9. The van der Waals surface area contributed by atoms with E-state index in [-0.39, 0.29) is 17.0 Å². The SMILES string of the molecule is Cc1ccc(-c2nc3c(c(SCC(=O)Nc4cccc(C(F)(F)F)c4)n2)COC(C)(C)C3)cc1. The van der Waals surface area contributed by atoms with Gasteiger partial charge in [-0.25, -0.2) is 9.97 Å². The second kappa shape index (κ2) is 9.38. The summed E-state index contributed by atoms with van der Waals surface area (Å²) in [6, 6.07) is 12.5. The Kier molecular flexibility index (Phi) is 6.69. The number of nitrogens with one attached hydrogen (secondary N) is 1. The van der Waals surface area contributed by atoms with Crippen molar-refractivity contribution in [2.24, 2.45) is 0 Å². The fourth-order valence-electron chi connectivity index (χ4n) is 3.58. The molecule has 2 aromatic carbocycles. The Balaban J connectivity index is 1.56. The van der Waals surface area contributed by atoms with Crippen LogP contribution < -0.4 is 5.32 Å². The summed E-state index contributed by atoms with van der Waals surface area (Å²) in [4.78, 5) is 22.0. The molecule has 1 amide bonds. The Morgan fingerprint density at radius 3 is 2.59 bits per heavy atom. The molecule has 0 atom stereocenters. The Bertz CT molecular complexity index is 1210. The highest BCUT2D eigenvalue weighted by molar-refractivity contribution is 8.00. The third kappa shape index (κ3) is 5.77. The summed E-state index contributed by atoms with van der Waals surface area (Å²) in [7, 11) is 0. The van der Waals surface area contributed by atoms with Crippen LogP contribution in [0.15, 0.2) is 53.6 Å². The average molecular weight is 488 g/mol. The zero-order valence-corrected chi connectivity index (χ0v) is 19.8. The molecule has 34 heavy (non-hydrogen) atoms. The van der Waals surface area contributed by atoms with Crippen molar-refractivity contribution in [3.8, 4) is 11.4 Å². The predicted molar refractivity (Wildman–Crippen MR) is 126 cm³/mol. The number of fused-ring (bicyclic) bond motifs is 1. The van der Waals surface area contributed by atoms with Crippen molar-refractivity contribution < 1.29 is 22.7 Å². The zero-order chi connectivity index (χ0) is 24.5. The first-order valence-electron chi connectivity index (χ1n) is 10.7. The molecule has 0 bridgehead atoms. The first-order valence-corrected chi connectivity index (χ1v) is 11.7. The van der Waals surface area contributed by atoms with E-state index in [2.05, 4.69) is 5.32 Å². The van der Waals surface area contributed by atoms with Crippen LogP contribution in [0.1, 0.15) is 36.2 Å². The van der Waals surface area contributed by atoms with E-state index in [1.165, 1.54) is 23.9 Å². The number of carbonyl (C=O) groups is 1. The summed E-state index contributed by atoms with van der Waals surface area (Å²) in [6.07, 6.45) is -3.87. The quantitative estimate of drug-likeness (QED) is 0.351. The van der Waals surface area contributed by atoms with E-state index in [4.69, 9.17) is 14.7 Å². The Hall–Kier alpha value is -2.91. The van der Waals surface area contributed by atoms with E-state index < -0.39 is 17.6 Å². The molecule has 1 N–H and O–H groups in total. The predicted octanol–water partition coefficient (Wildman–Crippen LogP) is 6.05. The lowest BCUT2D eigenvalue weighted by Gasteiger charge is -2.32. The molecule has 1 aromatic heterocycles. The van der Waals surface area contributed by atoms with Gasteiger partial charge in [-0.3, -0.25) is 4.79 Å². The topological polar surface area (TPSA) is 64.1 Å². The van der Waals surface area contributed by atoms with Gasteiger partial charge < -0.3 is 10.1 Å². The van der Waals surface area contributed by atoms with Gasteiger partial charge in [-0.2, -0.15) is 13.2 Å². The molecule has 0 radical (unpaired) electrons. The third-order valence-corrected chi connectivity index (χ3v) is 6.40. The number of alkyl halides is 3. The molecule has 3 aromatic rings. The lowest BCUT2D eigenvalue weighted by Crippen LogP contribution is -2.33. The number of nitrogens with zero attached hydrogens (tertiary/aromatic N) is 2. The molecule has 2 heterocycles. The Morgan fingerprint density at radius 1 is 1.15 bits per heavy atom. The number of carbonyl (C=O) groups excluding carboxylic acids is 1. The maximum Gasteiger partial charge on any atom is 0.416 e. The van der Waals surface area contributed by atoms with Crippen LogP contribution in [0.5, 0.6) is 0 Å². The highest BCUT2D eigenvalue weighted by atomic mass is 32.2. The number of benzene rings is 2. The van der Waals surface area contributed by atoms with Gasteiger partial charge in [0.15, 0.2) is 5.82 Å². The van der Waals surface area contributed by atoms with Crippen LogP contribution in [0.3, 0.4) is 0 Å². The highest BCUT2D eigenvalue weighted by Gasteiger charge is 2.31. The standard InChI is InChI=1S/C25H24F3N3O2S/c1-15-7-9-16(10-8-15)22-30-20-12-24(2,3)33-13-19(20)23(31-22)34-14-21(32)29-18-6-4-5-17(11-18)25(26,27)28/h4-11H,12-14H2,1-3H3,(H,29,32). The van der Waals surface area contributed by atoms with Crippen LogP contribution in [0.4, 0.5) is 18.9 Å². The molecular weight excluding hydrogens is 463 g/mol. The molecule has 1 aliphatic heterocycles. The van der Waals surface area contributed by atoms with Crippen molar-refractivity contribution in [1.29, 1.82) is 0 Å². The molecule has 0 spiro atoms. The van der Waals surface area contributed by atoms with Gasteiger partial charge in [-0.05, 0) is 39.0 Å². The van der Waals surface area contributed by atoms with Crippen LogP contribution in [-0.2, 0) is 28.7 Å². The first-order chi connectivity index (χ1) is 16.0. The van der Waals surface area contributed by atoms with Crippen molar-refractivity contribution in [1.82, 2.24) is 9.97 Å². The van der Waals surface area contributed by atoms with E-state index >= 15 is 0 Å². The van der Waals surface area contributed by atoms with E-state index in [1.54, 1.807) is 0 Å². The monoisotopic (exact) mass is 487 g/mol. The molecule has 5 nitrogen and oxygen atoms in total. The molecule has 0 saturated heterocycles. The van der Waals surface area contributed by atoms with Gasteiger partial charge in [0.05, 0.1) is 29.2 Å². The fourth-order valence-corrected chi connectivity index (χ4v) is 4.42. The van der Waals surface area contributed by atoms with Crippen LogP contribution in [0, 0.1) is 6.92 Å². The van der Waals surface area contributed by atoms with E-state index in [1.807, 2.05) is 45.0 Å². The zero-order valence-electron chi connectivity index (χ0n) is 19.0. The van der Waals surface area contributed by atoms with Gasteiger partial charge in [0.1, 0.15) is 5.03 Å². The van der Waals surface area contributed by atoms with Gasteiger partial charge >= 0.3 is 6.18 Å². The summed E-state index contributed by atoms with van der Waals surface area (Å²) in [6.45, 7) is 6.33. The van der Waals surface area contributed by atoms with Crippen molar-refractivity contribution >= 4 is 23.4 Å². The molecule has 0 aliphatic carbocycles. The summed E-state index contributed by atoms with van der Waals surface area (Å²) in [5.41, 5.74) is 2.62. The largest absolute Gasteiger partial charge is 0.416 e. The highest BCUT2D eigenvalue weighted by Crippen LogP contribution is 2.34. The fraction of sp³-hybridized carbons (Fsp3) is 0.320. The second-order valence-corrected chi connectivity index (χ2v) is 9.75. The van der Waals surface area contributed by atoms with Crippen LogP contribution in [0.25, 0.3) is 11.4 Å². The number of amides is 1. The second-order valence-electron chi connectivity index (χ2n) is 8.78. The maximum absolute atomic E-state index is 12.9. The minimum absolute atomic E-state index is 0.0174. The van der Waals surface area contributed by atoms with Crippen LogP contribution in [0.2, 0.25) is 0 Å². The Labute approximate surface area is 200 Å². The van der Waals surface area contributed by atoms with Crippen molar-refractivity contribution in [2.75, 3.05) is 11.1 Å². The average Bonchev–Trinajstić information content (AvgIpc) is 2.76. The number of hydrogen-bond acceptors (Lipinski definition) is 5. The third-order valence-electron chi connectivity index (χ3n) is 5.38. The van der Waals surface area contributed by atoms with Gasteiger partial charge in [-0.1, -0.05) is 47.7 Å². The smallest absolute Gasteiger partial charge is 0.370 e. The molecular formula is C25H24F3N3O2S. The van der Waals surface area contributed by atoms with Gasteiger partial charge in [-0.15, -0.1) is 0 Å². The van der Waals surface area contributed by atoms with Crippen molar-refractivity contribution in [3.05, 3.63) is 70.9 Å². The summed E-state index contributed by atoms with van der Waals surface area (Å²) < 4.78 is 44.8. The lowest BCUT2D eigenvalue weighted by atomic mass is 9.96. The molecule has 9 heteroatoms. The number of anilines is 1. The summed E-state index contributed by atoms with van der Waals surface area (Å²) in [5, 5.41) is 3.17. The minimum Gasteiger partial charge on any atom is -0.370 e. The summed E-state index contributed by atoms with van der Waals surface area (Å²) >= 11 is 1.22. The summed E-state index contributed by atoms with van der Waals surface area (Å²) in [5.74, 6) is 0.124. The number of halogens is 3. The number of ether oxygens (including phenoxy) is 1. The van der Waals surface area contributed by atoms with Gasteiger partial charge in [0.2, 0.25) is 5.91 Å². The molecule has 4 rings (SSSR count).